The Kier molecular flexibility index (Phi) is 5.67. The molecule has 7 nitrogen and oxygen atoms in total. The van der Waals surface area contributed by atoms with Crippen LogP contribution < -0.4 is 10.2 Å². The number of likely N-dealkylation sites (N-methyl/N-ethyl adjacent to an activating group) is 1. The lowest BCUT2D eigenvalue weighted by Gasteiger charge is -2.33. The second-order valence-electron chi connectivity index (χ2n) is 10.0. The average Bonchev–Trinajstić information content (AvgIpc) is 3.48. The van der Waals surface area contributed by atoms with Crippen LogP contribution >= 0.6 is 0 Å². The van der Waals surface area contributed by atoms with E-state index in [2.05, 4.69) is 42.1 Å². The van der Waals surface area contributed by atoms with E-state index in [0.717, 1.165) is 75.0 Å². The highest BCUT2D eigenvalue weighted by Gasteiger charge is 2.44. The van der Waals surface area contributed by atoms with Crippen LogP contribution in [0.2, 0.25) is 0 Å². The number of hydrogen-bond acceptors (Lipinski definition) is 7. The molecule has 0 atom stereocenters. The first-order valence-electron chi connectivity index (χ1n) is 12.5. The van der Waals surface area contributed by atoms with Gasteiger partial charge in [-0.3, -0.25) is 4.99 Å². The van der Waals surface area contributed by atoms with Crippen LogP contribution in [-0.4, -0.2) is 58.8 Å². The number of hydrogen-bond donors (Lipinski definition) is 1. The Bertz CT molecular complexity index is 1320. The lowest BCUT2D eigenvalue weighted by atomic mass is 9.76. The van der Waals surface area contributed by atoms with Crippen molar-refractivity contribution in [1.82, 2.24) is 19.9 Å². The number of fused-ring (bicyclic) bond motifs is 2. The van der Waals surface area contributed by atoms with Gasteiger partial charge in [-0.05, 0) is 56.6 Å². The van der Waals surface area contributed by atoms with Gasteiger partial charge in [0.2, 0.25) is 5.95 Å². The quantitative estimate of drug-likeness (QED) is 0.541. The Balaban J connectivity index is 1.27. The Hall–Kier alpha value is -3.46. The number of anilines is 3. The van der Waals surface area contributed by atoms with Crippen molar-refractivity contribution in [2.75, 3.05) is 43.4 Å². The number of halogens is 2. The molecule has 1 saturated heterocycles. The molecule has 0 radical (unpaired) electrons. The van der Waals surface area contributed by atoms with Gasteiger partial charge in [-0.2, -0.15) is 0 Å². The van der Waals surface area contributed by atoms with E-state index in [-0.39, 0.29) is 17.1 Å². The summed E-state index contributed by atoms with van der Waals surface area (Å²) in [6, 6.07) is 7.05. The fourth-order valence-corrected chi connectivity index (χ4v) is 5.75. The number of benzene rings is 1. The number of rotatable bonds is 4. The second kappa shape index (κ2) is 8.89. The highest BCUT2D eigenvalue weighted by Crippen LogP contribution is 2.52. The third-order valence-electron chi connectivity index (χ3n) is 7.88. The van der Waals surface area contributed by atoms with Gasteiger partial charge in [0.25, 0.3) is 0 Å². The molecule has 3 aliphatic rings. The summed E-state index contributed by atoms with van der Waals surface area (Å²) in [5, 5.41) is 3.06. The van der Waals surface area contributed by atoms with E-state index in [1.807, 2.05) is 31.3 Å². The van der Waals surface area contributed by atoms with Crippen LogP contribution in [0.15, 0.2) is 41.7 Å². The van der Waals surface area contributed by atoms with E-state index in [0.29, 0.717) is 17.1 Å². The molecule has 6 rings (SSSR count). The minimum atomic E-state index is -0.602. The molecule has 1 N–H and O–H groups in total. The molecule has 0 unspecified atom stereocenters. The summed E-state index contributed by atoms with van der Waals surface area (Å²) in [4.78, 5) is 22.1. The highest BCUT2D eigenvalue weighted by molar-refractivity contribution is 6.01. The molecule has 1 spiro atoms. The zero-order valence-electron chi connectivity index (χ0n) is 20.6. The van der Waals surface area contributed by atoms with Crippen LogP contribution in [0.3, 0.4) is 0 Å². The molecule has 1 aliphatic carbocycles. The average molecular weight is 490 g/mol. The molecular formula is C27H29F2N7. The predicted molar refractivity (Wildman–Crippen MR) is 138 cm³/mol. The summed E-state index contributed by atoms with van der Waals surface area (Å²) in [5.74, 6) is -0.289. The van der Waals surface area contributed by atoms with Crippen molar-refractivity contribution in [3.63, 3.8) is 0 Å². The van der Waals surface area contributed by atoms with Crippen LogP contribution in [-0.2, 0) is 5.41 Å². The van der Waals surface area contributed by atoms with Gasteiger partial charge in [-0.25, -0.2) is 23.7 Å². The Morgan fingerprint density at radius 2 is 1.72 bits per heavy atom. The van der Waals surface area contributed by atoms with Crippen LogP contribution in [0, 0.1) is 11.6 Å². The molecular weight excluding hydrogens is 460 g/mol. The number of nitrogens with zero attached hydrogens (tertiary/aromatic N) is 6. The number of piperazine rings is 1. The van der Waals surface area contributed by atoms with Gasteiger partial charge in [-0.15, -0.1) is 0 Å². The summed E-state index contributed by atoms with van der Waals surface area (Å²) in [6.07, 6.45) is 6.96. The number of aliphatic imine (C=N–C) groups is 1. The smallest absolute Gasteiger partial charge is 0.229 e. The number of nitrogens with one attached hydrogen (secondary N) is 1. The number of aromatic nitrogens is 3. The Morgan fingerprint density at radius 1 is 0.944 bits per heavy atom. The minimum absolute atomic E-state index is 0.0564. The lowest BCUT2D eigenvalue weighted by molar-refractivity contribution is 0.313. The van der Waals surface area contributed by atoms with Crippen molar-refractivity contribution in [2.24, 2.45) is 4.99 Å². The molecule has 2 aliphatic heterocycles. The molecule has 3 aromatic rings. The zero-order chi connectivity index (χ0) is 24.9. The molecule has 0 amide bonds. The summed E-state index contributed by atoms with van der Waals surface area (Å²) in [7, 11) is 2.12. The molecule has 9 heteroatoms. The normalized spacial score (nSPS) is 19.0. The highest BCUT2D eigenvalue weighted by atomic mass is 19.1. The second-order valence-corrected chi connectivity index (χ2v) is 10.0. The first-order valence-corrected chi connectivity index (χ1v) is 12.5. The SMILES string of the molecule is CC1=Nc2c(F)cc(-c3nc(Nc4ccc(N5CCN(C)CC5)cn4)ncc3F)cc2C12CCCC2. The third-order valence-corrected chi connectivity index (χ3v) is 7.88. The summed E-state index contributed by atoms with van der Waals surface area (Å²) in [5.41, 5.74) is 3.44. The van der Waals surface area contributed by atoms with Gasteiger partial charge in [-0.1, -0.05) is 12.8 Å². The van der Waals surface area contributed by atoms with Crippen molar-refractivity contribution >= 4 is 28.9 Å². The van der Waals surface area contributed by atoms with Crippen LogP contribution in [0.25, 0.3) is 11.3 Å². The van der Waals surface area contributed by atoms with Crippen molar-refractivity contribution in [3.05, 3.63) is 53.9 Å². The van der Waals surface area contributed by atoms with Gasteiger partial charge in [0.1, 0.15) is 23.0 Å². The summed E-state index contributed by atoms with van der Waals surface area (Å²) >= 11 is 0. The summed E-state index contributed by atoms with van der Waals surface area (Å²) in [6.45, 7) is 5.92. The van der Waals surface area contributed by atoms with E-state index >= 15 is 4.39 Å². The molecule has 36 heavy (non-hydrogen) atoms. The van der Waals surface area contributed by atoms with Crippen molar-refractivity contribution < 1.29 is 8.78 Å². The maximum atomic E-state index is 15.1. The maximum Gasteiger partial charge on any atom is 0.229 e. The standard InChI is InChI=1S/C27H29F2N7/c1-17-27(7-3-4-8-27)20-13-18(14-21(28)25(20)32-17)24-22(29)16-31-26(34-24)33-23-6-5-19(15-30-23)36-11-9-35(2)10-12-36/h5-6,13-16H,3-4,7-12H2,1-2H3,(H,30,31,33,34). The fraction of sp³-hybridized carbons (Fsp3) is 0.407. The maximum absolute atomic E-state index is 15.1. The van der Waals surface area contributed by atoms with E-state index in [1.165, 1.54) is 6.07 Å². The van der Waals surface area contributed by atoms with Crippen molar-refractivity contribution in [3.8, 4) is 11.3 Å². The third kappa shape index (κ3) is 3.91. The molecule has 1 aromatic carbocycles. The Morgan fingerprint density at radius 3 is 2.44 bits per heavy atom. The van der Waals surface area contributed by atoms with Crippen LogP contribution in [0.4, 0.5) is 31.9 Å². The molecule has 1 saturated carbocycles. The van der Waals surface area contributed by atoms with Gasteiger partial charge in [0.15, 0.2) is 5.82 Å². The van der Waals surface area contributed by atoms with Gasteiger partial charge >= 0.3 is 0 Å². The molecule has 2 aromatic heterocycles. The van der Waals surface area contributed by atoms with Gasteiger partial charge < -0.3 is 15.1 Å². The monoisotopic (exact) mass is 489 g/mol. The summed E-state index contributed by atoms with van der Waals surface area (Å²) < 4.78 is 30.0. The Labute approximate surface area is 209 Å². The van der Waals surface area contributed by atoms with Gasteiger partial charge in [0.05, 0.1) is 18.1 Å². The van der Waals surface area contributed by atoms with Crippen molar-refractivity contribution in [1.29, 1.82) is 0 Å². The lowest BCUT2D eigenvalue weighted by Crippen LogP contribution is -2.44. The molecule has 186 valence electrons. The molecule has 2 fully saturated rings. The van der Waals surface area contributed by atoms with E-state index < -0.39 is 11.6 Å². The largest absolute Gasteiger partial charge is 0.368 e. The number of pyridine rings is 1. The fourth-order valence-electron chi connectivity index (χ4n) is 5.75. The minimum Gasteiger partial charge on any atom is -0.368 e. The first kappa shape index (κ1) is 23.0. The van der Waals surface area contributed by atoms with E-state index in [1.54, 1.807) is 0 Å². The zero-order valence-corrected chi connectivity index (χ0v) is 20.6. The van der Waals surface area contributed by atoms with Crippen molar-refractivity contribution in [2.45, 2.75) is 38.0 Å². The topological polar surface area (TPSA) is 69.5 Å². The first-order chi connectivity index (χ1) is 17.4. The predicted octanol–water partition coefficient (Wildman–Crippen LogP) is 5.23. The van der Waals surface area contributed by atoms with E-state index in [4.69, 9.17) is 0 Å². The molecule has 0 bridgehead atoms. The van der Waals surface area contributed by atoms with Gasteiger partial charge in [0, 0.05) is 42.9 Å². The van der Waals surface area contributed by atoms with E-state index in [9.17, 15) is 4.39 Å². The van der Waals surface area contributed by atoms with Crippen LogP contribution in [0.5, 0.6) is 0 Å². The van der Waals surface area contributed by atoms with Crippen LogP contribution in [0.1, 0.15) is 38.2 Å². The molecule has 4 heterocycles.